The zero-order valence-electron chi connectivity index (χ0n) is 6.33. The molecule has 0 saturated carbocycles. The van der Waals surface area contributed by atoms with Gasteiger partial charge in [0.15, 0.2) is 5.69 Å². The average Bonchev–Trinajstić information content (AvgIpc) is 2.47. The van der Waals surface area contributed by atoms with Crippen LogP contribution < -0.4 is 5.73 Å². The lowest BCUT2D eigenvalue weighted by Crippen LogP contribution is -1.78. The van der Waals surface area contributed by atoms with Crippen LogP contribution in [0, 0.1) is 6.57 Å². The highest BCUT2D eigenvalue weighted by molar-refractivity contribution is 5.93. The number of nitrogens with one attached hydrogen (secondary N) is 1. The van der Waals surface area contributed by atoms with E-state index >= 15 is 0 Å². The molecular formula is C9H7N3. The van der Waals surface area contributed by atoms with Gasteiger partial charge in [0, 0.05) is 17.1 Å². The Morgan fingerprint density at radius 3 is 3.00 bits per heavy atom. The largest absolute Gasteiger partial charge is 0.397 e. The van der Waals surface area contributed by atoms with E-state index in [4.69, 9.17) is 12.3 Å². The molecule has 2 rings (SSSR count). The van der Waals surface area contributed by atoms with Crippen molar-refractivity contribution in [3.8, 4) is 0 Å². The van der Waals surface area contributed by atoms with Crippen molar-refractivity contribution >= 4 is 22.3 Å². The van der Waals surface area contributed by atoms with Crippen molar-refractivity contribution in [3.05, 3.63) is 35.8 Å². The fraction of sp³-hybridized carbons (Fsp3) is 0. The molecule has 0 fully saturated rings. The summed E-state index contributed by atoms with van der Waals surface area (Å²) in [6.45, 7) is 6.82. The third-order valence-electron chi connectivity index (χ3n) is 1.83. The Morgan fingerprint density at radius 1 is 1.42 bits per heavy atom. The maximum absolute atomic E-state index is 6.82. The Labute approximate surface area is 69.6 Å². The molecule has 12 heavy (non-hydrogen) atoms. The van der Waals surface area contributed by atoms with Gasteiger partial charge in [-0.1, -0.05) is 6.07 Å². The minimum atomic E-state index is 0.619. The predicted molar refractivity (Wildman–Crippen MR) is 49.0 cm³/mol. The average molecular weight is 157 g/mol. The molecule has 58 valence electrons. The minimum Gasteiger partial charge on any atom is -0.397 e. The first-order valence-corrected chi connectivity index (χ1v) is 3.55. The summed E-state index contributed by atoms with van der Waals surface area (Å²) in [5.41, 5.74) is 7.95. The molecule has 1 heterocycles. The van der Waals surface area contributed by atoms with Crippen molar-refractivity contribution in [2.24, 2.45) is 0 Å². The molecule has 3 N–H and O–H groups in total. The van der Waals surface area contributed by atoms with E-state index in [9.17, 15) is 0 Å². The number of nitrogen functional groups attached to an aromatic ring is 1. The van der Waals surface area contributed by atoms with Gasteiger partial charge in [0.2, 0.25) is 0 Å². The van der Waals surface area contributed by atoms with Crippen LogP contribution in [0.2, 0.25) is 0 Å². The Balaban J connectivity index is 2.82. The van der Waals surface area contributed by atoms with E-state index in [1.54, 1.807) is 18.3 Å². The smallest absolute Gasteiger partial charge is 0.188 e. The van der Waals surface area contributed by atoms with Gasteiger partial charge in [-0.15, -0.1) is 0 Å². The van der Waals surface area contributed by atoms with Gasteiger partial charge in [-0.2, -0.15) is 0 Å². The van der Waals surface area contributed by atoms with Crippen molar-refractivity contribution in [3.63, 3.8) is 0 Å². The number of aromatic amines is 1. The molecule has 0 atom stereocenters. The van der Waals surface area contributed by atoms with Gasteiger partial charge in [0.1, 0.15) is 0 Å². The number of aromatic nitrogens is 1. The number of rotatable bonds is 0. The topological polar surface area (TPSA) is 46.2 Å². The SMILES string of the molecule is [C-]#[N+]c1ccc2[nH]cc(N)c2c1. The number of hydrogen-bond acceptors (Lipinski definition) is 1. The Hall–Kier alpha value is -1.95. The van der Waals surface area contributed by atoms with Crippen LogP contribution in [-0.4, -0.2) is 4.98 Å². The zero-order chi connectivity index (χ0) is 8.55. The highest BCUT2D eigenvalue weighted by atomic mass is 14.7. The van der Waals surface area contributed by atoms with Gasteiger partial charge >= 0.3 is 0 Å². The number of fused-ring (bicyclic) bond motifs is 1. The normalized spacial score (nSPS) is 9.92. The summed E-state index contributed by atoms with van der Waals surface area (Å²) in [5.74, 6) is 0. The van der Waals surface area contributed by atoms with E-state index in [0.29, 0.717) is 11.4 Å². The number of anilines is 1. The molecule has 0 spiro atoms. The molecule has 1 aromatic heterocycles. The number of benzene rings is 1. The number of nitrogens with zero attached hydrogens (tertiary/aromatic N) is 1. The Bertz CT molecular complexity index is 462. The molecule has 0 amide bonds. The molecule has 2 aromatic rings. The highest BCUT2D eigenvalue weighted by Crippen LogP contribution is 2.24. The molecule has 0 unspecified atom stereocenters. The Kier molecular flexibility index (Phi) is 1.28. The molecule has 0 aliphatic carbocycles. The van der Waals surface area contributed by atoms with Gasteiger partial charge in [-0.3, -0.25) is 0 Å². The lowest BCUT2D eigenvalue weighted by atomic mass is 10.2. The third-order valence-corrected chi connectivity index (χ3v) is 1.83. The standard InChI is InChI=1S/C9H7N3/c1-11-6-2-3-9-7(4-6)8(10)5-12-9/h2-5,12H,10H2. The molecule has 1 aromatic carbocycles. The van der Waals surface area contributed by atoms with E-state index in [0.717, 1.165) is 10.9 Å². The van der Waals surface area contributed by atoms with E-state index < -0.39 is 0 Å². The second-order valence-electron chi connectivity index (χ2n) is 2.59. The summed E-state index contributed by atoms with van der Waals surface area (Å²) >= 11 is 0. The number of H-pyrrole nitrogens is 1. The molecule has 0 saturated heterocycles. The summed E-state index contributed by atoms with van der Waals surface area (Å²) in [5, 5.41) is 0.920. The highest BCUT2D eigenvalue weighted by Gasteiger charge is 1.99. The van der Waals surface area contributed by atoms with Gasteiger partial charge < -0.3 is 10.7 Å². The fourth-order valence-corrected chi connectivity index (χ4v) is 1.20. The molecule has 0 aliphatic heterocycles. The van der Waals surface area contributed by atoms with Crippen molar-refractivity contribution in [1.29, 1.82) is 0 Å². The second-order valence-corrected chi connectivity index (χ2v) is 2.59. The molecular weight excluding hydrogens is 150 g/mol. The van der Waals surface area contributed by atoms with Crippen molar-refractivity contribution in [2.45, 2.75) is 0 Å². The minimum absolute atomic E-state index is 0.619. The predicted octanol–water partition coefficient (Wildman–Crippen LogP) is 2.30. The quantitative estimate of drug-likeness (QED) is 0.566. The van der Waals surface area contributed by atoms with Crippen LogP contribution in [0.3, 0.4) is 0 Å². The van der Waals surface area contributed by atoms with Gasteiger partial charge in [-0.25, -0.2) is 4.85 Å². The van der Waals surface area contributed by atoms with E-state index in [2.05, 4.69) is 9.83 Å². The van der Waals surface area contributed by atoms with Gasteiger partial charge in [0.05, 0.1) is 12.3 Å². The molecule has 3 heteroatoms. The summed E-state index contributed by atoms with van der Waals surface area (Å²) in [6.07, 6.45) is 1.73. The van der Waals surface area contributed by atoms with Crippen molar-refractivity contribution in [1.82, 2.24) is 4.98 Å². The van der Waals surface area contributed by atoms with Crippen LogP contribution in [-0.2, 0) is 0 Å². The van der Waals surface area contributed by atoms with Crippen molar-refractivity contribution in [2.75, 3.05) is 5.73 Å². The molecule has 0 bridgehead atoms. The van der Waals surface area contributed by atoms with E-state index in [1.165, 1.54) is 0 Å². The van der Waals surface area contributed by atoms with Crippen LogP contribution in [0.1, 0.15) is 0 Å². The van der Waals surface area contributed by atoms with Crippen molar-refractivity contribution < 1.29 is 0 Å². The van der Waals surface area contributed by atoms with Gasteiger partial charge in [0.25, 0.3) is 0 Å². The van der Waals surface area contributed by atoms with Crippen LogP contribution in [0.15, 0.2) is 24.4 Å². The van der Waals surface area contributed by atoms with E-state index in [-0.39, 0.29) is 0 Å². The molecule has 0 aliphatic rings. The first-order valence-electron chi connectivity index (χ1n) is 3.55. The van der Waals surface area contributed by atoms with Crippen LogP contribution in [0.25, 0.3) is 15.7 Å². The maximum atomic E-state index is 6.82. The maximum Gasteiger partial charge on any atom is 0.188 e. The number of hydrogen-bond donors (Lipinski definition) is 2. The van der Waals surface area contributed by atoms with Crippen LogP contribution in [0.4, 0.5) is 11.4 Å². The van der Waals surface area contributed by atoms with Crippen LogP contribution >= 0.6 is 0 Å². The Morgan fingerprint density at radius 2 is 2.25 bits per heavy atom. The third kappa shape index (κ3) is 0.823. The lowest BCUT2D eigenvalue weighted by Gasteiger charge is -1.91. The summed E-state index contributed by atoms with van der Waals surface area (Å²) in [4.78, 5) is 6.33. The first kappa shape index (κ1) is 6.74. The number of nitrogens with two attached hydrogens (primary N) is 1. The zero-order valence-corrected chi connectivity index (χ0v) is 6.33. The fourth-order valence-electron chi connectivity index (χ4n) is 1.20. The monoisotopic (exact) mass is 157 g/mol. The lowest BCUT2D eigenvalue weighted by molar-refractivity contribution is 1.48. The van der Waals surface area contributed by atoms with Crippen LogP contribution in [0.5, 0.6) is 0 Å². The summed E-state index contributed by atoms with van der Waals surface area (Å²) in [7, 11) is 0. The first-order chi connectivity index (χ1) is 5.81. The summed E-state index contributed by atoms with van der Waals surface area (Å²) < 4.78 is 0. The van der Waals surface area contributed by atoms with Gasteiger partial charge in [-0.05, 0) is 12.1 Å². The van der Waals surface area contributed by atoms with E-state index in [1.807, 2.05) is 6.07 Å². The molecule has 0 radical (unpaired) electrons. The summed E-state index contributed by atoms with van der Waals surface area (Å²) in [6, 6.07) is 5.42. The molecule has 3 nitrogen and oxygen atoms in total. The second kappa shape index (κ2) is 2.28.